The molecule has 0 N–H and O–H groups in total. The molecule has 1 saturated carbocycles. The van der Waals surface area contributed by atoms with Crippen molar-refractivity contribution in [3.05, 3.63) is 36.4 Å². The third kappa shape index (κ3) is 4.00. The lowest BCUT2D eigenvalue weighted by atomic mass is 9.85. The number of carbonyl (C=O) groups excluding carboxylic acids is 1. The number of esters is 1. The predicted molar refractivity (Wildman–Crippen MR) is 115 cm³/mol. The number of carbonyl (C=O) groups is 1. The molecule has 2 aromatic carbocycles. The topological polar surface area (TPSA) is 35.5 Å². The smallest absolute Gasteiger partial charge is 0.345 e. The number of fused-ring (bicyclic) bond motifs is 1. The Morgan fingerprint density at radius 2 is 1.71 bits per heavy atom. The van der Waals surface area contributed by atoms with Crippen molar-refractivity contribution >= 4 is 27.6 Å². The van der Waals surface area contributed by atoms with Gasteiger partial charge in [0.15, 0.2) is 17.1 Å². The molecule has 2 aromatic rings. The maximum atomic E-state index is 12.4. The number of hydrogen-bond donors (Lipinski definition) is 0. The van der Waals surface area contributed by atoms with Crippen LogP contribution in [0.15, 0.2) is 41.3 Å². The van der Waals surface area contributed by atoms with Gasteiger partial charge in [-0.15, -0.1) is 6.42 Å². The molecule has 0 spiro atoms. The van der Waals surface area contributed by atoms with Gasteiger partial charge in [-0.3, -0.25) is 0 Å². The largest absolute Gasteiger partial charge is 0.481 e. The van der Waals surface area contributed by atoms with Crippen molar-refractivity contribution in [3.63, 3.8) is 0 Å². The van der Waals surface area contributed by atoms with Crippen LogP contribution in [0.4, 0.5) is 0 Å². The minimum atomic E-state index is -0.742. The van der Waals surface area contributed by atoms with Gasteiger partial charge < -0.3 is 9.47 Å². The molecule has 3 nitrogen and oxygen atoms in total. The van der Waals surface area contributed by atoms with Gasteiger partial charge in [0.2, 0.25) is 0 Å². The zero-order chi connectivity index (χ0) is 19.4. The lowest BCUT2D eigenvalue weighted by molar-refractivity contribution is -0.159. The molecule has 0 aromatic heterocycles. The SMILES string of the molecule is C#CC1(OC(=O)COc2ccc([S+]3CCCC3)c3ccccc23)CCCCC1. The van der Waals surface area contributed by atoms with Gasteiger partial charge in [0.25, 0.3) is 0 Å². The van der Waals surface area contributed by atoms with Gasteiger partial charge in [-0.05, 0) is 56.7 Å². The first-order valence-corrected chi connectivity index (χ1v) is 11.8. The van der Waals surface area contributed by atoms with Gasteiger partial charge >= 0.3 is 5.97 Å². The second-order valence-electron chi connectivity index (χ2n) is 7.68. The van der Waals surface area contributed by atoms with Crippen molar-refractivity contribution in [3.8, 4) is 18.1 Å². The van der Waals surface area contributed by atoms with Gasteiger partial charge in [-0.25, -0.2) is 4.79 Å². The van der Waals surface area contributed by atoms with Crippen molar-refractivity contribution < 1.29 is 14.3 Å². The normalized spacial score (nSPS) is 19.2. The highest BCUT2D eigenvalue weighted by atomic mass is 32.2. The van der Waals surface area contributed by atoms with Crippen molar-refractivity contribution in [2.45, 2.75) is 55.4 Å². The molecule has 0 atom stereocenters. The van der Waals surface area contributed by atoms with E-state index in [1.165, 1.54) is 34.6 Å². The molecule has 28 heavy (non-hydrogen) atoms. The third-order valence-electron chi connectivity index (χ3n) is 5.77. The Morgan fingerprint density at radius 3 is 2.43 bits per heavy atom. The quantitative estimate of drug-likeness (QED) is 0.412. The van der Waals surface area contributed by atoms with Crippen LogP contribution in [0.3, 0.4) is 0 Å². The first kappa shape index (κ1) is 19.2. The van der Waals surface area contributed by atoms with Crippen molar-refractivity contribution in [1.29, 1.82) is 0 Å². The fourth-order valence-corrected chi connectivity index (χ4v) is 6.78. The molecule has 1 aliphatic carbocycles. The summed E-state index contributed by atoms with van der Waals surface area (Å²) in [5.74, 6) is 5.63. The number of benzene rings is 2. The van der Waals surface area contributed by atoms with Crippen molar-refractivity contribution in [1.82, 2.24) is 0 Å². The Labute approximate surface area is 170 Å². The van der Waals surface area contributed by atoms with Gasteiger partial charge in [0.1, 0.15) is 17.3 Å². The molecule has 2 aliphatic rings. The Morgan fingerprint density at radius 1 is 1.00 bits per heavy atom. The maximum Gasteiger partial charge on any atom is 0.345 e. The zero-order valence-electron chi connectivity index (χ0n) is 16.2. The first-order valence-electron chi connectivity index (χ1n) is 10.2. The molecule has 1 aliphatic heterocycles. The molecule has 1 saturated heterocycles. The molecule has 1 heterocycles. The summed E-state index contributed by atoms with van der Waals surface area (Å²) in [5.41, 5.74) is -0.742. The summed E-state index contributed by atoms with van der Waals surface area (Å²) in [6.07, 6.45) is 13.0. The van der Waals surface area contributed by atoms with Crippen LogP contribution in [0.1, 0.15) is 44.9 Å². The van der Waals surface area contributed by atoms with Gasteiger partial charge in [-0.2, -0.15) is 0 Å². The number of terminal acetylenes is 1. The van der Waals surface area contributed by atoms with Crippen LogP contribution < -0.4 is 4.74 Å². The standard InChI is InChI=1S/C24H27O3S/c1-2-24(14-6-3-7-15-24)27-23(25)18-26-21-12-13-22(28-16-8-9-17-28)20-11-5-4-10-19(20)21/h1,4-5,10-13H,3,6-9,14-18H2/q+1. The number of hydrogen-bond acceptors (Lipinski definition) is 3. The van der Waals surface area contributed by atoms with E-state index in [4.69, 9.17) is 15.9 Å². The lowest BCUT2D eigenvalue weighted by Crippen LogP contribution is -2.37. The highest BCUT2D eigenvalue weighted by molar-refractivity contribution is 7.97. The predicted octanol–water partition coefficient (Wildman–Crippen LogP) is 4.87. The first-order chi connectivity index (χ1) is 13.7. The highest BCUT2D eigenvalue weighted by Crippen LogP contribution is 2.35. The Bertz CT molecular complexity index is 886. The van der Waals surface area contributed by atoms with Crippen LogP contribution in [0.2, 0.25) is 0 Å². The van der Waals surface area contributed by atoms with Crippen LogP contribution in [-0.4, -0.2) is 29.7 Å². The molecule has 0 radical (unpaired) electrons. The number of rotatable bonds is 5. The van der Waals surface area contributed by atoms with Crippen molar-refractivity contribution in [2.75, 3.05) is 18.1 Å². The summed E-state index contributed by atoms with van der Waals surface area (Å²) in [6.45, 7) is -0.113. The molecule has 0 amide bonds. The van der Waals surface area contributed by atoms with E-state index in [1.54, 1.807) is 0 Å². The summed E-state index contributed by atoms with van der Waals surface area (Å²) in [5, 5.41) is 2.31. The summed E-state index contributed by atoms with van der Waals surface area (Å²) in [4.78, 5) is 13.8. The molecule has 2 fully saturated rings. The van der Waals surface area contributed by atoms with Gasteiger partial charge in [0, 0.05) is 21.7 Å². The van der Waals surface area contributed by atoms with Crippen LogP contribution in [0, 0.1) is 12.3 Å². The molecule has 4 rings (SSSR count). The minimum absolute atomic E-state index is 0.113. The van der Waals surface area contributed by atoms with Gasteiger partial charge in [0.05, 0.1) is 0 Å². The summed E-state index contributed by atoms with van der Waals surface area (Å²) >= 11 is 0. The average Bonchev–Trinajstić information content (AvgIpc) is 3.27. The second kappa shape index (κ2) is 8.49. The Hall–Kier alpha value is -2.12. The molecule has 146 valence electrons. The van der Waals surface area contributed by atoms with E-state index in [0.29, 0.717) is 10.9 Å². The van der Waals surface area contributed by atoms with E-state index >= 15 is 0 Å². The average molecular weight is 396 g/mol. The highest BCUT2D eigenvalue weighted by Gasteiger charge is 2.34. The van der Waals surface area contributed by atoms with E-state index in [2.05, 4.69) is 30.2 Å². The second-order valence-corrected chi connectivity index (χ2v) is 9.92. The monoisotopic (exact) mass is 395 g/mol. The molecular weight excluding hydrogens is 368 g/mol. The van der Waals surface area contributed by atoms with Crippen LogP contribution >= 0.6 is 0 Å². The Balaban J connectivity index is 1.48. The number of ether oxygens (including phenoxy) is 2. The minimum Gasteiger partial charge on any atom is -0.481 e. The van der Waals surface area contributed by atoms with E-state index in [0.717, 1.165) is 43.2 Å². The summed E-state index contributed by atoms with van der Waals surface area (Å²) < 4.78 is 11.6. The molecular formula is C24H27O3S+. The molecule has 4 heteroatoms. The Kier molecular flexibility index (Phi) is 5.82. The van der Waals surface area contributed by atoms with E-state index < -0.39 is 5.60 Å². The lowest BCUT2D eigenvalue weighted by Gasteiger charge is -2.31. The van der Waals surface area contributed by atoms with E-state index in [9.17, 15) is 4.79 Å². The fraction of sp³-hybridized carbons (Fsp3) is 0.458. The third-order valence-corrected chi connectivity index (χ3v) is 8.31. The van der Waals surface area contributed by atoms with Crippen LogP contribution in [0.5, 0.6) is 5.75 Å². The van der Waals surface area contributed by atoms with E-state index in [-0.39, 0.29) is 12.6 Å². The molecule has 0 unspecified atom stereocenters. The molecule has 0 bridgehead atoms. The maximum absolute atomic E-state index is 12.4. The van der Waals surface area contributed by atoms with Crippen LogP contribution in [0.25, 0.3) is 10.8 Å². The zero-order valence-corrected chi connectivity index (χ0v) is 17.1. The summed E-state index contributed by atoms with van der Waals surface area (Å²) in [6, 6.07) is 12.5. The van der Waals surface area contributed by atoms with Crippen LogP contribution in [-0.2, 0) is 20.4 Å². The van der Waals surface area contributed by atoms with E-state index in [1.807, 2.05) is 12.1 Å². The van der Waals surface area contributed by atoms with Gasteiger partial charge in [-0.1, -0.05) is 30.5 Å². The fourth-order valence-electron chi connectivity index (χ4n) is 4.28. The van der Waals surface area contributed by atoms with Crippen molar-refractivity contribution in [2.24, 2.45) is 0 Å². The summed E-state index contributed by atoms with van der Waals surface area (Å²) in [7, 11) is 0.333.